The Morgan fingerprint density at radius 3 is 2.54 bits per heavy atom. The molecule has 1 aromatic heterocycles. The minimum absolute atomic E-state index is 0.0281. The molecule has 26 heavy (non-hydrogen) atoms. The number of aromatic nitrogens is 2. The number of hydrogen-bond acceptors (Lipinski definition) is 6. The fourth-order valence-electron chi connectivity index (χ4n) is 3.11. The van der Waals surface area contributed by atoms with Gasteiger partial charge in [0.15, 0.2) is 0 Å². The molecule has 1 aliphatic heterocycles. The van der Waals surface area contributed by atoms with E-state index in [2.05, 4.69) is 25.1 Å². The predicted octanol–water partition coefficient (Wildman–Crippen LogP) is 1.31. The molecule has 0 radical (unpaired) electrons. The lowest BCUT2D eigenvalue weighted by atomic mass is 10.2. The van der Waals surface area contributed by atoms with Gasteiger partial charge in [0.2, 0.25) is 11.9 Å². The van der Waals surface area contributed by atoms with Gasteiger partial charge in [-0.05, 0) is 19.1 Å². The molecule has 0 spiro atoms. The van der Waals surface area contributed by atoms with Crippen LogP contribution in [0.5, 0.6) is 5.75 Å². The van der Waals surface area contributed by atoms with Gasteiger partial charge < -0.3 is 15.0 Å². The van der Waals surface area contributed by atoms with E-state index in [-0.39, 0.29) is 11.9 Å². The number of piperazine rings is 1. The lowest BCUT2D eigenvalue weighted by Crippen LogP contribution is -2.54. The SMILES string of the molecule is COc1ccccc1CNC(=O)C(C)N1CCN(c2ncccn2)CC1. The van der Waals surface area contributed by atoms with Crippen LogP contribution in [0, 0.1) is 0 Å². The van der Waals surface area contributed by atoms with Crippen LogP contribution in [0.4, 0.5) is 5.95 Å². The van der Waals surface area contributed by atoms with E-state index in [0.717, 1.165) is 43.4 Å². The van der Waals surface area contributed by atoms with E-state index in [1.54, 1.807) is 19.5 Å². The number of carbonyl (C=O) groups excluding carboxylic acids is 1. The van der Waals surface area contributed by atoms with Crippen molar-refractivity contribution in [1.82, 2.24) is 20.2 Å². The molecule has 7 nitrogen and oxygen atoms in total. The molecule has 138 valence electrons. The Morgan fingerprint density at radius 1 is 1.15 bits per heavy atom. The Balaban J connectivity index is 1.50. The van der Waals surface area contributed by atoms with Gasteiger partial charge in [-0.2, -0.15) is 0 Å². The van der Waals surface area contributed by atoms with Crippen LogP contribution in [0.25, 0.3) is 0 Å². The standard InChI is InChI=1S/C19H25N5O2/c1-15(18(25)22-14-16-6-3-4-7-17(16)26-2)23-10-12-24(13-11-23)19-20-8-5-9-21-19/h3-9,15H,10-14H2,1-2H3,(H,22,25). The number of nitrogens with zero attached hydrogens (tertiary/aromatic N) is 4. The van der Waals surface area contributed by atoms with Crippen LogP contribution >= 0.6 is 0 Å². The number of amides is 1. The largest absolute Gasteiger partial charge is 0.496 e. The summed E-state index contributed by atoms with van der Waals surface area (Å²) in [7, 11) is 1.64. The van der Waals surface area contributed by atoms with Gasteiger partial charge in [-0.15, -0.1) is 0 Å². The molecule has 0 bridgehead atoms. The van der Waals surface area contributed by atoms with Gasteiger partial charge in [0, 0.05) is 50.7 Å². The van der Waals surface area contributed by atoms with Crippen molar-refractivity contribution in [3.05, 3.63) is 48.3 Å². The van der Waals surface area contributed by atoms with Gasteiger partial charge in [0.25, 0.3) is 0 Å². The van der Waals surface area contributed by atoms with E-state index in [1.165, 1.54) is 0 Å². The second kappa shape index (κ2) is 8.62. The maximum atomic E-state index is 12.5. The summed E-state index contributed by atoms with van der Waals surface area (Å²) in [6, 6.07) is 9.36. The molecular formula is C19H25N5O2. The minimum Gasteiger partial charge on any atom is -0.496 e. The third kappa shape index (κ3) is 4.29. The second-order valence-corrected chi connectivity index (χ2v) is 6.28. The summed E-state index contributed by atoms with van der Waals surface area (Å²) in [6.07, 6.45) is 3.51. The zero-order chi connectivity index (χ0) is 18.4. The van der Waals surface area contributed by atoms with Crippen LogP contribution in [-0.4, -0.2) is 60.1 Å². The first-order valence-corrected chi connectivity index (χ1v) is 8.84. The van der Waals surface area contributed by atoms with Crippen LogP contribution in [-0.2, 0) is 11.3 Å². The number of hydrogen-bond donors (Lipinski definition) is 1. The molecule has 1 saturated heterocycles. The zero-order valence-corrected chi connectivity index (χ0v) is 15.3. The fraction of sp³-hybridized carbons (Fsp3) is 0.421. The topological polar surface area (TPSA) is 70.6 Å². The number of benzene rings is 1. The summed E-state index contributed by atoms with van der Waals surface area (Å²) in [5.74, 6) is 1.57. The summed E-state index contributed by atoms with van der Waals surface area (Å²) >= 11 is 0. The average Bonchev–Trinajstić information content (AvgIpc) is 2.72. The molecule has 0 saturated carbocycles. The second-order valence-electron chi connectivity index (χ2n) is 6.28. The smallest absolute Gasteiger partial charge is 0.237 e. The summed E-state index contributed by atoms with van der Waals surface area (Å²) < 4.78 is 5.33. The van der Waals surface area contributed by atoms with Crippen LogP contribution in [0.3, 0.4) is 0 Å². The highest BCUT2D eigenvalue weighted by atomic mass is 16.5. The van der Waals surface area contributed by atoms with Gasteiger partial charge in [0.1, 0.15) is 5.75 Å². The van der Waals surface area contributed by atoms with E-state index >= 15 is 0 Å². The van der Waals surface area contributed by atoms with Crippen LogP contribution in [0.2, 0.25) is 0 Å². The average molecular weight is 355 g/mol. The molecule has 1 unspecified atom stereocenters. The van der Waals surface area contributed by atoms with Crippen LogP contribution in [0.1, 0.15) is 12.5 Å². The molecule has 1 aromatic carbocycles. The molecular weight excluding hydrogens is 330 g/mol. The van der Waals surface area contributed by atoms with E-state index < -0.39 is 0 Å². The molecule has 1 amide bonds. The van der Waals surface area contributed by atoms with Crippen molar-refractivity contribution in [2.45, 2.75) is 19.5 Å². The normalized spacial score (nSPS) is 16.2. The van der Waals surface area contributed by atoms with Gasteiger partial charge in [-0.1, -0.05) is 18.2 Å². The zero-order valence-electron chi connectivity index (χ0n) is 15.3. The molecule has 1 fully saturated rings. The Morgan fingerprint density at radius 2 is 1.85 bits per heavy atom. The number of methoxy groups -OCH3 is 1. The van der Waals surface area contributed by atoms with Crippen molar-refractivity contribution in [2.75, 3.05) is 38.2 Å². The summed E-state index contributed by atoms with van der Waals surface area (Å²) in [5.41, 5.74) is 0.974. The summed E-state index contributed by atoms with van der Waals surface area (Å²) in [6.45, 7) is 5.66. The first-order chi connectivity index (χ1) is 12.7. The first kappa shape index (κ1) is 18.1. The van der Waals surface area contributed by atoms with E-state index in [0.29, 0.717) is 6.54 Å². The van der Waals surface area contributed by atoms with Crippen molar-refractivity contribution in [1.29, 1.82) is 0 Å². The lowest BCUT2D eigenvalue weighted by Gasteiger charge is -2.37. The van der Waals surface area contributed by atoms with Crippen molar-refractivity contribution < 1.29 is 9.53 Å². The Labute approximate surface area is 154 Å². The van der Waals surface area contributed by atoms with Crippen molar-refractivity contribution in [3.63, 3.8) is 0 Å². The van der Waals surface area contributed by atoms with Gasteiger partial charge >= 0.3 is 0 Å². The number of rotatable bonds is 6. The number of ether oxygens (including phenoxy) is 1. The minimum atomic E-state index is -0.177. The predicted molar refractivity (Wildman–Crippen MR) is 100 cm³/mol. The monoisotopic (exact) mass is 355 g/mol. The lowest BCUT2D eigenvalue weighted by molar-refractivity contribution is -0.126. The third-order valence-corrected chi connectivity index (χ3v) is 4.72. The number of carbonyl (C=O) groups is 1. The molecule has 7 heteroatoms. The number of para-hydroxylation sites is 1. The maximum absolute atomic E-state index is 12.5. The van der Waals surface area contributed by atoms with Gasteiger partial charge in [-0.25, -0.2) is 9.97 Å². The Hall–Kier alpha value is -2.67. The molecule has 2 aromatic rings. The van der Waals surface area contributed by atoms with E-state index in [4.69, 9.17) is 4.74 Å². The Bertz CT molecular complexity index is 717. The number of nitrogens with one attached hydrogen (secondary N) is 1. The van der Waals surface area contributed by atoms with Crippen LogP contribution in [0.15, 0.2) is 42.7 Å². The van der Waals surface area contributed by atoms with Crippen molar-refractivity contribution in [2.24, 2.45) is 0 Å². The maximum Gasteiger partial charge on any atom is 0.237 e. The first-order valence-electron chi connectivity index (χ1n) is 8.84. The van der Waals surface area contributed by atoms with Crippen LogP contribution < -0.4 is 15.0 Å². The van der Waals surface area contributed by atoms with E-state index in [9.17, 15) is 4.79 Å². The van der Waals surface area contributed by atoms with Crippen molar-refractivity contribution >= 4 is 11.9 Å². The Kier molecular flexibility index (Phi) is 6.01. The molecule has 1 atom stereocenters. The highest BCUT2D eigenvalue weighted by molar-refractivity contribution is 5.81. The highest BCUT2D eigenvalue weighted by Crippen LogP contribution is 2.17. The molecule has 0 aliphatic carbocycles. The third-order valence-electron chi connectivity index (χ3n) is 4.72. The molecule has 1 N–H and O–H groups in total. The fourth-order valence-corrected chi connectivity index (χ4v) is 3.11. The van der Waals surface area contributed by atoms with Crippen molar-refractivity contribution in [3.8, 4) is 5.75 Å². The summed E-state index contributed by atoms with van der Waals surface area (Å²) in [5, 5.41) is 3.01. The molecule has 3 rings (SSSR count). The summed E-state index contributed by atoms with van der Waals surface area (Å²) in [4.78, 5) is 25.5. The molecule has 2 heterocycles. The van der Waals surface area contributed by atoms with Gasteiger partial charge in [0.05, 0.1) is 13.2 Å². The van der Waals surface area contributed by atoms with E-state index in [1.807, 2.05) is 37.3 Å². The highest BCUT2D eigenvalue weighted by Gasteiger charge is 2.26. The quantitative estimate of drug-likeness (QED) is 0.843. The number of anilines is 1. The molecule has 1 aliphatic rings. The van der Waals surface area contributed by atoms with Gasteiger partial charge in [-0.3, -0.25) is 9.69 Å².